The molecule has 1 rings (SSSR count). The molecule has 0 fully saturated rings. The van der Waals surface area contributed by atoms with E-state index in [4.69, 9.17) is 5.11 Å². The normalized spacial score (nSPS) is 11.9. The van der Waals surface area contributed by atoms with Gasteiger partial charge in [-0.1, -0.05) is 17.7 Å². The smallest absolute Gasteiger partial charge is 0.326 e. The summed E-state index contributed by atoms with van der Waals surface area (Å²) in [6, 6.07) is 3.35. The Morgan fingerprint density at radius 1 is 1.62 bits per heavy atom. The number of amides is 1. The lowest BCUT2D eigenvalue weighted by Crippen LogP contribution is -2.37. The van der Waals surface area contributed by atoms with Crippen molar-refractivity contribution in [3.63, 3.8) is 0 Å². The highest BCUT2D eigenvalue weighted by Gasteiger charge is 2.18. The number of hydrogen-bond acceptors (Lipinski definition) is 2. The number of halogens is 1. The van der Waals surface area contributed by atoms with Crippen LogP contribution in [0.15, 0.2) is 18.2 Å². The predicted molar refractivity (Wildman–Crippen MR) is 55.5 cm³/mol. The molecule has 0 aromatic heterocycles. The van der Waals surface area contributed by atoms with Crippen molar-refractivity contribution in [2.75, 3.05) is 0 Å². The summed E-state index contributed by atoms with van der Waals surface area (Å²) in [5, 5.41) is 10.9. The quantitative estimate of drug-likeness (QED) is 0.731. The first-order valence-corrected chi connectivity index (χ1v) is 4.72. The van der Waals surface area contributed by atoms with Crippen LogP contribution >= 0.6 is 0 Å². The fraction of sp³-hybridized carbons (Fsp3) is 0.273. The van der Waals surface area contributed by atoms with E-state index in [0.717, 1.165) is 5.56 Å². The number of carbonyl (C=O) groups is 2. The summed E-state index contributed by atoms with van der Waals surface area (Å²) in [4.78, 5) is 20.9. The third kappa shape index (κ3) is 3.05. The van der Waals surface area contributed by atoms with Crippen LogP contribution in [-0.2, 0) is 16.0 Å². The van der Waals surface area contributed by atoms with Crippen molar-refractivity contribution in [2.45, 2.75) is 19.4 Å². The van der Waals surface area contributed by atoms with Crippen molar-refractivity contribution in [1.29, 1.82) is 0 Å². The lowest BCUT2D eigenvalue weighted by molar-refractivity contribution is -0.140. The number of aryl methyl sites for hydroxylation is 1. The van der Waals surface area contributed by atoms with E-state index in [2.05, 4.69) is 5.32 Å². The van der Waals surface area contributed by atoms with E-state index in [0.29, 0.717) is 6.41 Å². The molecule has 0 saturated carbocycles. The topological polar surface area (TPSA) is 66.4 Å². The standard InChI is InChI=1S/C11H12FNO3/c1-7-2-3-9(12)8(4-7)5-10(11(15)16)13-6-14/h2-4,6,10H,5H2,1H3,(H,13,14)(H,15,16). The van der Waals surface area contributed by atoms with Gasteiger partial charge in [-0.25, -0.2) is 9.18 Å². The van der Waals surface area contributed by atoms with Gasteiger partial charge in [-0.3, -0.25) is 4.79 Å². The molecule has 0 aliphatic rings. The van der Waals surface area contributed by atoms with Crippen LogP contribution in [0.5, 0.6) is 0 Å². The number of benzene rings is 1. The highest BCUT2D eigenvalue weighted by Crippen LogP contribution is 2.12. The number of aliphatic carboxylic acids is 1. The molecule has 0 bridgehead atoms. The Hall–Kier alpha value is -1.91. The zero-order valence-electron chi connectivity index (χ0n) is 8.74. The summed E-state index contributed by atoms with van der Waals surface area (Å²) in [5.41, 5.74) is 1.12. The summed E-state index contributed by atoms with van der Waals surface area (Å²) in [6.07, 6.45) is 0.230. The highest BCUT2D eigenvalue weighted by atomic mass is 19.1. The molecule has 0 aliphatic carbocycles. The van der Waals surface area contributed by atoms with E-state index in [-0.39, 0.29) is 12.0 Å². The largest absolute Gasteiger partial charge is 0.480 e. The maximum atomic E-state index is 13.3. The average molecular weight is 225 g/mol. The van der Waals surface area contributed by atoms with E-state index < -0.39 is 17.8 Å². The first-order valence-electron chi connectivity index (χ1n) is 4.72. The van der Waals surface area contributed by atoms with Crippen LogP contribution < -0.4 is 5.32 Å². The number of hydrogen-bond donors (Lipinski definition) is 2. The SMILES string of the molecule is Cc1ccc(F)c(CC(NC=O)C(=O)O)c1. The molecule has 1 unspecified atom stereocenters. The number of carbonyl (C=O) groups excluding carboxylic acids is 1. The van der Waals surface area contributed by atoms with E-state index in [1.165, 1.54) is 6.07 Å². The minimum Gasteiger partial charge on any atom is -0.480 e. The van der Waals surface area contributed by atoms with Crippen molar-refractivity contribution in [1.82, 2.24) is 5.32 Å². The highest BCUT2D eigenvalue weighted by molar-refractivity contribution is 5.76. The minimum absolute atomic E-state index is 0.0679. The average Bonchev–Trinajstić information content (AvgIpc) is 2.22. The van der Waals surface area contributed by atoms with Gasteiger partial charge in [0.15, 0.2) is 0 Å². The molecule has 2 N–H and O–H groups in total. The summed E-state index contributed by atoms with van der Waals surface area (Å²) in [7, 11) is 0. The molecule has 16 heavy (non-hydrogen) atoms. The molecule has 0 heterocycles. The first-order chi connectivity index (χ1) is 7.54. The second-order valence-electron chi connectivity index (χ2n) is 3.47. The van der Waals surface area contributed by atoms with Gasteiger partial charge in [0.2, 0.25) is 6.41 Å². The first kappa shape index (κ1) is 12.2. The summed E-state index contributed by atoms with van der Waals surface area (Å²) in [6.45, 7) is 1.78. The van der Waals surface area contributed by atoms with Crippen LogP contribution in [0.4, 0.5) is 4.39 Å². The van der Waals surface area contributed by atoms with Gasteiger partial charge in [0, 0.05) is 6.42 Å². The maximum Gasteiger partial charge on any atom is 0.326 e. The van der Waals surface area contributed by atoms with Crippen molar-refractivity contribution in [3.05, 3.63) is 35.1 Å². The molecule has 5 heteroatoms. The third-order valence-corrected chi connectivity index (χ3v) is 2.19. The third-order valence-electron chi connectivity index (χ3n) is 2.19. The van der Waals surface area contributed by atoms with Crippen LogP contribution in [0.2, 0.25) is 0 Å². The molecule has 1 amide bonds. The Kier molecular flexibility index (Phi) is 3.99. The number of rotatable bonds is 5. The molecule has 4 nitrogen and oxygen atoms in total. The van der Waals surface area contributed by atoms with Crippen LogP contribution in [0, 0.1) is 12.7 Å². The molecular weight excluding hydrogens is 213 g/mol. The second-order valence-corrected chi connectivity index (χ2v) is 3.47. The van der Waals surface area contributed by atoms with Gasteiger partial charge in [0.1, 0.15) is 11.9 Å². The molecule has 0 aliphatic heterocycles. The predicted octanol–water partition coefficient (Wildman–Crippen LogP) is 0.876. The number of nitrogens with one attached hydrogen (secondary N) is 1. The Bertz CT molecular complexity index is 406. The molecule has 0 spiro atoms. The van der Waals surface area contributed by atoms with E-state index in [1.807, 2.05) is 0 Å². The van der Waals surface area contributed by atoms with Gasteiger partial charge in [-0.05, 0) is 18.6 Å². The zero-order valence-corrected chi connectivity index (χ0v) is 8.74. The summed E-state index contributed by atoms with van der Waals surface area (Å²) >= 11 is 0. The molecule has 1 aromatic carbocycles. The molecule has 1 aromatic rings. The lowest BCUT2D eigenvalue weighted by atomic mass is 10.0. The molecule has 0 saturated heterocycles. The van der Waals surface area contributed by atoms with Crippen molar-refractivity contribution < 1.29 is 19.1 Å². The molecular formula is C11H12FNO3. The summed E-state index contributed by atoms with van der Waals surface area (Å²) in [5.74, 6) is -1.66. The van der Waals surface area contributed by atoms with Crippen LogP contribution in [0.1, 0.15) is 11.1 Å². The van der Waals surface area contributed by atoms with Crippen LogP contribution in [-0.4, -0.2) is 23.5 Å². The molecule has 0 radical (unpaired) electrons. The van der Waals surface area contributed by atoms with Crippen molar-refractivity contribution >= 4 is 12.4 Å². The van der Waals surface area contributed by atoms with Gasteiger partial charge in [0.25, 0.3) is 0 Å². The fourth-order valence-corrected chi connectivity index (χ4v) is 1.38. The Morgan fingerprint density at radius 3 is 2.88 bits per heavy atom. The van der Waals surface area contributed by atoms with Gasteiger partial charge in [0.05, 0.1) is 0 Å². The van der Waals surface area contributed by atoms with Crippen molar-refractivity contribution in [2.24, 2.45) is 0 Å². The van der Waals surface area contributed by atoms with E-state index in [1.54, 1.807) is 19.1 Å². The van der Waals surface area contributed by atoms with Crippen molar-refractivity contribution in [3.8, 4) is 0 Å². The number of carboxylic acids is 1. The van der Waals surface area contributed by atoms with E-state index in [9.17, 15) is 14.0 Å². The van der Waals surface area contributed by atoms with Gasteiger partial charge in [-0.2, -0.15) is 0 Å². The van der Waals surface area contributed by atoms with Gasteiger partial charge in [-0.15, -0.1) is 0 Å². The van der Waals surface area contributed by atoms with Gasteiger partial charge >= 0.3 is 5.97 Å². The maximum absolute atomic E-state index is 13.3. The Balaban J connectivity index is 2.88. The zero-order chi connectivity index (χ0) is 12.1. The monoisotopic (exact) mass is 225 g/mol. The lowest BCUT2D eigenvalue weighted by Gasteiger charge is -2.12. The Labute approximate surface area is 92.1 Å². The van der Waals surface area contributed by atoms with Crippen LogP contribution in [0.3, 0.4) is 0 Å². The molecule has 1 atom stereocenters. The molecule has 86 valence electrons. The second kappa shape index (κ2) is 5.25. The minimum atomic E-state index is -1.19. The Morgan fingerprint density at radius 2 is 2.31 bits per heavy atom. The van der Waals surface area contributed by atoms with E-state index >= 15 is 0 Å². The van der Waals surface area contributed by atoms with Gasteiger partial charge < -0.3 is 10.4 Å². The fourth-order valence-electron chi connectivity index (χ4n) is 1.38. The number of carboxylic acid groups (broad SMARTS) is 1. The van der Waals surface area contributed by atoms with Crippen LogP contribution in [0.25, 0.3) is 0 Å². The summed E-state index contributed by atoms with van der Waals surface area (Å²) < 4.78 is 13.3.